The van der Waals surface area contributed by atoms with Gasteiger partial charge in [0.25, 0.3) is 5.91 Å². The van der Waals surface area contributed by atoms with E-state index in [9.17, 15) is 13.2 Å². The summed E-state index contributed by atoms with van der Waals surface area (Å²) in [5, 5.41) is 3.31. The third-order valence-electron chi connectivity index (χ3n) is 3.69. The molecule has 0 aliphatic carbocycles. The highest BCUT2D eigenvalue weighted by atomic mass is 32.2. The molecule has 7 nitrogen and oxygen atoms in total. The monoisotopic (exact) mass is 327 g/mol. The lowest BCUT2D eigenvalue weighted by atomic mass is 10.2. The first-order valence-corrected chi connectivity index (χ1v) is 8.63. The number of nitrogens with one attached hydrogen (secondary N) is 2. The average Bonchev–Trinajstić information content (AvgIpc) is 2.99. The molecule has 0 aromatic heterocycles. The minimum Gasteiger partial charge on any atom is -0.496 e. The first kappa shape index (κ1) is 16.7. The molecule has 1 heterocycles. The van der Waals surface area contributed by atoms with Gasteiger partial charge in [0.05, 0.1) is 17.6 Å². The molecule has 1 amide bonds. The fourth-order valence-corrected chi connectivity index (χ4v) is 3.57. The maximum atomic E-state index is 12.3. The topological polar surface area (TPSA) is 111 Å². The SMILES string of the molecule is COc1ccc(S(=O)(=O)NCC[C@H]2CCCN2)cc1C(N)=O. The summed E-state index contributed by atoms with van der Waals surface area (Å²) in [5.41, 5.74) is 5.29. The summed E-state index contributed by atoms with van der Waals surface area (Å²) in [5.74, 6) is -0.481. The van der Waals surface area contributed by atoms with Crippen molar-refractivity contribution in [3.63, 3.8) is 0 Å². The van der Waals surface area contributed by atoms with Crippen LogP contribution >= 0.6 is 0 Å². The number of carbonyl (C=O) groups is 1. The van der Waals surface area contributed by atoms with Gasteiger partial charge in [-0.25, -0.2) is 13.1 Å². The Labute approximate surface area is 130 Å². The van der Waals surface area contributed by atoms with E-state index in [0.29, 0.717) is 12.6 Å². The Bertz CT molecular complexity index is 639. The van der Waals surface area contributed by atoms with Crippen molar-refractivity contribution in [2.45, 2.75) is 30.2 Å². The Kier molecular flexibility index (Phi) is 5.38. The number of rotatable bonds is 7. The van der Waals surface area contributed by atoms with Gasteiger partial charge in [-0.1, -0.05) is 0 Å². The molecule has 0 saturated carbocycles. The minimum absolute atomic E-state index is 0.00137. The Morgan fingerprint density at radius 1 is 1.50 bits per heavy atom. The van der Waals surface area contributed by atoms with E-state index in [1.165, 1.54) is 25.3 Å². The predicted octanol–water partition coefficient (Wildman–Crippen LogP) is 0.215. The van der Waals surface area contributed by atoms with E-state index in [4.69, 9.17) is 10.5 Å². The summed E-state index contributed by atoms with van der Waals surface area (Å²) in [7, 11) is -2.28. The van der Waals surface area contributed by atoms with Crippen LogP contribution in [0.2, 0.25) is 0 Å². The van der Waals surface area contributed by atoms with E-state index in [2.05, 4.69) is 10.0 Å². The number of methoxy groups -OCH3 is 1. The number of carbonyl (C=O) groups excluding carboxylic acids is 1. The quantitative estimate of drug-likeness (QED) is 0.663. The maximum absolute atomic E-state index is 12.3. The van der Waals surface area contributed by atoms with Gasteiger partial charge in [0.2, 0.25) is 10.0 Å². The molecule has 1 aliphatic rings. The number of nitrogens with two attached hydrogens (primary N) is 1. The van der Waals surface area contributed by atoms with Gasteiger partial charge in [0.15, 0.2) is 0 Å². The molecular formula is C14H21N3O4S. The summed E-state index contributed by atoms with van der Waals surface area (Å²) in [6.07, 6.45) is 2.92. The third kappa shape index (κ3) is 3.96. The van der Waals surface area contributed by atoms with E-state index in [-0.39, 0.29) is 16.2 Å². The molecule has 1 aromatic carbocycles. The predicted molar refractivity (Wildman–Crippen MR) is 82.3 cm³/mol. The van der Waals surface area contributed by atoms with E-state index in [1.54, 1.807) is 0 Å². The van der Waals surface area contributed by atoms with Crippen LogP contribution in [-0.4, -0.2) is 40.6 Å². The molecule has 1 atom stereocenters. The summed E-state index contributed by atoms with van der Waals surface area (Å²) in [6, 6.07) is 4.41. The lowest BCUT2D eigenvalue weighted by molar-refractivity contribution is 0.0997. The van der Waals surface area contributed by atoms with Gasteiger partial charge in [-0.05, 0) is 44.0 Å². The van der Waals surface area contributed by atoms with Crippen LogP contribution < -0.4 is 20.5 Å². The average molecular weight is 327 g/mol. The maximum Gasteiger partial charge on any atom is 0.252 e. The molecule has 4 N–H and O–H groups in total. The van der Waals surface area contributed by atoms with E-state index >= 15 is 0 Å². The standard InChI is InChI=1S/C14H21N3O4S/c1-21-13-5-4-11(9-12(13)14(15)18)22(19,20)17-8-6-10-3-2-7-16-10/h4-5,9-10,16-17H,2-3,6-8H2,1H3,(H2,15,18)/t10-/m1/s1. The number of hydrogen-bond acceptors (Lipinski definition) is 5. The number of primary amides is 1. The van der Waals surface area contributed by atoms with Crippen LogP contribution in [0.15, 0.2) is 23.1 Å². The molecule has 8 heteroatoms. The van der Waals surface area contributed by atoms with Crippen molar-refractivity contribution >= 4 is 15.9 Å². The van der Waals surface area contributed by atoms with Crippen LogP contribution in [0.1, 0.15) is 29.6 Å². The molecule has 122 valence electrons. The summed E-state index contributed by atoms with van der Waals surface area (Å²) >= 11 is 0. The number of hydrogen-bond donors (Lipinski definition) is 3. The lowest BCUT2D eigenvalue weighted by Crippen LogP contribution is -2.30. The molecule has 0 bridgehead atoms. The summed E-state index contributed by atoms with van der Waals surface area (Å²) in [4.78, 5) is 11.4. The third-order valence-corrected chi connectivity index (χ3v) is 5.15. The zero-order valence-electron chi connectivity index (χ0n) is 12.5. The van der Waals surface area contributed by atoms with Gasteiger partial charge >= 0.3 is 0 Å². The smallest absolute Gasteiger partial charge is 0.252 e. The minimum atomic E-state index is -3.67. The van der Waals surface area contributed by atoms with Gasteiger partial charge in [0, 0.05) is 12.6 Å². The summed E-state index contributed by atoms with van der Waals surface area (Å²) < 4.78 is 32.1. The van der Waals surface area contributed by atoms with Crippen LogP contribution in [-0.2, 0) is 10.0 Å². The van der Waals surface area contributed by atoms with Gasteiger partial charge in [-0.3, -0.25) is 4.79 Å². The molecule has 2 rings (SSSR count). The van der Waals surface area contributed by atoms with Crippen LogP contribution in [0.5, 0.6) is 5.75 Å². The van der Waals surface area contributed by atoms with Crippen molar-refractivity contribution in [2.24, 2.45) is 5.73 Å². The van der Waals surface area contributed by atoms with Gasteiger partial charge in [-0.2, -0.15) is 0 Å². The number of sulfonamides is 1. The van der Waals surface area contributed by atoms with E-state index in [1.807, 2.05) is 0 Å². The highest BCUT2D eigenvalue weighted by Gasteiger charge is 2.19. The van der Waals surface area contributed by atoms with Crippen molar-refractivity contribution in [1.29, 1.82) is 0 Å². The molecule has 1 fully saturated rings. The first-order valence-electron chi connectivity index (χ1n) is 7.15. The Hall–Kier alpha value is -1.64. The van der Waals surface area contributed by atoms with Crippen molar-refractivity contribution in [3.05, 3.63) is 23.8 Å². The molecule has 1 aromatic rings. The number of benzene rings is 1. The second-order valence-corrected chi connectivity index (χ2v) is 6.97. The van der Waals surface area contributed by atoms with Crippen molar-refractivity contribution in [2.75, 3.05) is 20.2 Å². The fraction of sp³-hybridized carbons (Fsp3) is 0.500. The van der Waals surface area contributed by atoms with Gasteiger partial charge < -0.3 is 15.8 Å². The number of ether oxygens (including phenoxy) is 1. The summed E-state index contributed by atoms with van der Waals surface area (Å²) in [6.45, 7) is 1.33. The molecule has 0 spiro atoms. The van der Waals surface area contributed by atoms with E-state index in [0.717, 1.165) is 25.8 Å². The normalized spacial score (nSPS) is 18.3. The Balaban J connectivity index is 2.07. The van der Waals surface area contributed by atoms with Crippen molar-refractivity contribution in [1.82, 2.24) is 10.0 Å². The van der Waals surface area contributed by atoms with Gasteiger partial charge in [0.1, 0.15) is 5.75 Å². The molecular weight excluding hydrogens is 306 g/mol. The second-order valence-electron chi connectivity index (χ2n) is 5.21. The lowest BCUT2D eigenvalue weighted by Gasteiger charge is -2.12. The number of amides is 1. The molecule has 1 saturated heterocycles. The van der Waals surface area contributed by atoms with Gasteiger partial charge in [-0.15, -0.1) is 0 Å². The molecule has 0 unspecified atom stereocenters. The van der Waals surface area contributed by atoms with E-state index < -0.39 is 15.9 Å². The largest absolute Gasteiger partial charge is 0.496 e. The molecule has 22 heavy (non-hydrogen) atoms. The Morgan fingerprint density at radius 2 is 2.27 bits per heavy atom. The van der Waals surface area contributed by atoms with Crippen LogP contribution in [0, 0.1) is 0 Å². The Morgan fingerprint density at radius 3 is 2.86 bits per heavy atom. The van der Waals surface area contributed by atoms with Crippen LogP contribution in [0.25, 0.3) is 0 Å². The zero-order valence-corrected chi connectivity index (χ0v) is 13.3. The van der Waals surface area contributed by atoms with Crippen LogP contribution in [0.3, 0.4) is 0 Å². The highest BCUT2D eigenvalue weighted by Crippen LogP contribution is 2.22. The second kappa shape index (κ2) is 7.08. The molecule has 0 radical (unpaired) electrons. The molecule has 1 aliphatic heterocycles. The zero-order chi connectivity index (χ0) is 16.2. The van der Waals surface area contributed by atoms with Crippen LogP contribution in [0.4, 0.5) is 0 Å². The van der Waals surface area contributed by atoms with Crippen molar-refractivity contribution in [3.8, 4) is 5.75 Å². The highest BCUT2D eigenvalue weighted by molar-refractivity contribution is 7.89. The van der Waals surface area contributed by atoms with Crippen molar-refractivity contribution < 1.29 is 17.9 Å². The fourth-order valence-electron chi connectivity index (χ4n) is 2.50. The first-order chi connectivity index (χ1) is 10.4.